The molecule has 0 saturated carbocycles. The summed E-state index contributed by atoms with van der Waals surface area (Å²) in [5, 5.41) is 3.86. The zero-order chi connectivity index (χ0) is 26.9. The van der Waals surface area contributed by atoms with Crippen LogP contribution < -0.4 is 14.8 Å². The highest BCUT2D eigenvalue weighted by atomic mass is 35.5. The highest BCUT2D eigenvalue weighted by molar-refractivity contribution is 6.42. The summed E-state index contributed by atoms with van der Waals surface area (Å²) in [6.45, 7) is 12.8. The molecule has 0 aliphatic rings. The zero-order valence-corrected chi connectivity index (χ0v) is 23.6. The monoisotopic (exact) mass is 536 g/mol. The van der Waals surface area contributed by atoms with Crippen LogP contribution in [0.4, 0.5) is 0 Å². The van der Waals surface area contributed by atoms with Gasteiger partial charge in [-0.3, -0.25) is 9.59 Å². The Kier molecular flexibility index (Phi) is 11.4. The summed E-state index contributed by atoms with van der Waals surface area (Å²) in [5.41, 5.74) is 1.34. The highest BCUT2D eigenvalue weighted by Gasteiger charge is 2.30. The molecular weight excluding hydrogens is 499 g/mol. The number of halogens is 2. The lowest BCUT2D eigenvalue weighted by Gasteiger charge is -2.33. The van der Waals surface area contributed by atoms with Crippen molar-refractivity contribution in [2.75, 3.05) is 13.2 Å². The first kappa shape index (κ1) is 29.8. The maximum atomic E-state index is 13.6. The summed E-state index contributed by atoms with van der Waals surface area (Å²) < 4.78 is 11.4. The summed E-state index contributed by atoms with van der Waals surface area (Å²) >= 11 is 12.3. The van der Waals surface area contributed by atoms with Crippen molar-refractivity contribution in [1.29, 1.82) is 0 Å². The lowest BCUT2D eigenvalue weighted by Crippen LogP contribution is -2.53. The molecule has 0 unspecified atom stereocenters. The SMILES string of the molecule is CCOc1ccc(CCC(=O)N(Cc2ccc(Cl)c(Cl)c2)[C@H](CC)C(=O)NC(C)(C)C)cc1OCC. The molecule has 0 saturated heterocycles. The Morgan fingerprint density at radius 3 is 2.14 bits per heavy atom. The van der Waals surface area contributed by atoms with Crippen LogP contribution in [0.5, 0.6) is 11.5 Å². The molecule has 2 aromatic carbocycles. The smallest absolute Gasteiger partial charge is 0.243 e. The van der Waals surface area contributed by atoms with Crippen LogP contribution in [-0.4, -0.2) is 41.5 Å². The van der Waals surface area contributed by atoms with Gasteiger partial charge < -0.3 is 19.7 Å². The Labute approximate surface area is 225 Å². The second-order valence-corrected chi connectivity index (χ2v) is 10.4. The first-order valence-corrected chi connectivity index (χ1v) is 13.2. The van der Waals surface area contributed by atoms with Crippen molar-refractivity contribution in [2.45, 2.75) is 78.9 Å². The molecule has 36 heavy (non-hydrogen) atoms. The Morgan fingerprint density at radius 1 is 0.917 bits per heavy atom. The van der Waals surface area contributed by atoms with E-state index >= 15 is 0 Å². The van der Waals surface area contributed by atoms with E-state index in [1.807, 2.05) is 65.8 Å². The fourth-order valence-corrected chi connectivity index (χ4v) is 4.17. The number of ether oxygens (including phenoxy) is 2. The molecule has 2 amide bonds. The van der Waals surface area contributed by atoms with E-state index in [1.165, 1.54) is 0 Å². The summed E-state index contributed by atoms with van der Waals surface area (Å²) in [7, 11) is 0. The van der Waals surface area contributed by atoms with Crippen molar-refractivity contribution >= 4 is 35.0 Å². The maximum Gasteiger partial charge on any atom is 0.243 e. The molecule has 0 aliphatic carbocycles. The number of rotatable bonds is 12. The molecule has 8 heteroatoms. The lowest BCUT2D eigenvalue weighted by molar-refractivity contribution is -0.142. The molecule has 0 aromatic heterocycles. The first-order chi connectivity index (χ1) is 17.0. The van der Waals surface area contributed by atoms with Crippen LogP contribution in [0.1, 0.15) is 65.5 Å². The molecule has 0 bridgehead atoms. The number of hydrogen-bond acceptors (Lipinski definition) is 4. The standard InChI is InChI=1S/C28H38Cl2N2O4/c1-7-23(27(34)31-28(4,5)6)32(18-20-10-13-21(29)22(30)16-20)26(33)15-12-19-11-14-24(35-8-2)25(17-19)36-9-3/h10-11,13-14,16-17,23H,7-9,12,15,18H2,1-6H3,(H,31,34)/t23-/m1/s1. The van der Waals surface area contributed by atoms with Gasteiger partial charge in [0.2, 0.25) is 11.8 Å². The van der Waals surface area contributed by atoms with Gasteiger partial charge in [-0.05, 0) is 82.9 Å². The fraction of sp³-hybridized carbons (Fsp3) is 0.500. The van der Waals surface area contributed by atoms with Gasteiger partial charge in [0.25, 0.3) is 0 Å². The predicted octanol–water partition coefficient (Wildman–Crippen LogP) is 6.45. The average molecular weight is 538 g/mol. The Morgan fingerprint density at radius 2 is 1.56 bits per heavy atom. The van der Waals surface area contributed by atoms with Gasteiger partial charge in [-0.15, -0.1) is 0 Å². The largest absolute Gasteiger partial charge is 0.490 e. The third kappa shape index (κ3) is 8.90. The highest BCUT2D eigenvalue weighted by Crippen LogP contribution is 2.29. The number of carbonyl (C=O) groups is 2. The Balaban J connectivity index is 2.28. The first-order valence-electron chi connectivity index (χ1n) is 12.4. The van der Waals surface area contributed by atoms with Crippen LogP contribution in [0.2, 0.25) is 10.0 Å². The van der Waals surface area contributed by atoms with Gasteiger partial charge in [-0.2, -0.15) is 0 Å². The van der Waals surface area contributed by atoms with Gasteiger partial charge in [0.05, 0.1) is 23.3 Å². The quantitative estimate of drug-likeness (QED) is 0.338. The molecule has 1 atom stereocenters. The molecule has 0 radical (unpaired) electrons. The van der Waals surface area contributed by atoms with E-state index in [4.69, 9.17) is 32.7 Å². The van der Waals surface area contributed by atoms with Gasteiger partial charge in [-0.1, -0.05) is 42.3 Å². The third-order valence-electron chi connectivity index (χ3n) is 5.46. The van der Waals surface area contributed by atoms with Gasteiger partial charge in [0, 0.05) is 18.5 Å². The van der Waals surface area contributed by atoms with E-state index in [-0.39, 0.29) is 24.8 Å². The van der Waals surface area contributed by atoms with Crippen LogP contribution >= 0.6 is 23.2 Å². The van der Waals surface area contributed by atoms with E-state index in [0.29, 0.717) is 47.6 Å². The number of benzene rings is 2. The molecule has 0 heterocycles. The molecule has 1 N–H and O–H groups in total. The summed E-state index contributed by atoms with van der Waals surface area (Å²) in [6, 6.07) is 10.4. The molecule has 0 aliphatic heterocycles. The zero-order valence-electron chi connectivity index (χ0n) is 22.1. The number of aryl methyl sites for hydroxylation is 1. The Bertz CT molecular complexity index is 1040. The van der Waals surface area contributed by atoms with Crippen LogP contribution in [-0.2, 0) is 22.6 Å². The second kappa shape index (κ2) is 13.8. The average Bonchev–Trinajstić information content (AvgIpc) is 2.80. The van der Waals surface area contributed by atoms with Gasteiger partial charge in [0.1, 0.15) is 6.04 Å². The third-order valence-corrected chi connectivity index (χ3v) is 6.20. The van der Waals surface area contributed by atoms with Crippen molar-refractivity contribution in [3.05, 3.63) is 57.6 Å². The molecule has 0 spiro atoms. The number of nitrogens with zero attached hydrogens (tertiary/aromatic N) is 1. The molecule has 6 nitrogen and oxygen atoms in total. The molecule has 0 fully saturated rings. The van der Waals surface area contributed by atoms with Crippen LogP contribution in [0, 0.1) is 0 Å². The van der Waals surface area contributed by atoms with Gasteiger partial charge >= 0.3 is 0 Å². The van der Waals surface area contributed by atoms with Crippen molar-refractivity contribution in [3.8, 4) is 11.5 Å². The summed E-state index contributed by atoms with van der Waals surface area (Å²) in [5.74, 6) is 1.04. The molecule has 2 aromatic rings. The number of amides is 2. The van der Waals surface area contributed by atoms with Crippen molar-refractivity contribution in [2.24, 2.45) is 0 Å². The normalized spacial score (nSPS) is 12.1. The summed E-state index contributed by atoms with van der Waals surface area (Å²) in [6.07, 6.45) is 1.22. The van der Waals surface area contributed by atoms with Crippen molar-refractivity contribution in [3.63, 3.8) is 0 Å². The lowest BCUT2D eigenvalue weighted by atomic mass is 10.0. The minimum Gasteiger partial charge on any atom is -0.490 e. The number of nitrogens with one attached hydrogen (secondary N) is 1. The van der Waals surface area contributed by atoms with E-state index in [1.54, 1.807) is 17.0 Å². The minimum absolute atomic E-state index is 0.121. The molecule has 198 valence electrons. The van der Waals surface area contributed by atoms with Gasteiger partial charge in [-0.25, -0.2) is 0 Å². The fourth-order valence-electron chi connectivity index (χ4n) is 3.85. The predicted molar refractivity (Wildman–Crippen MR) is 146 cm³/mol. The minimum atomic E-state index is -0.620. The second-order valence-electron chi connectivity index (χ2n) is 9.58. The topological polar surface area (TPSA) is 67.9 Å². The van der Waals surface area contributed by atoms with E-state index < -0.39 is 11.6 Å². The van der Waals surface area contributed by atoms with E-state index in [9.17, 15) is 9.59 Å². The van der Waals surface area contributed by atoms with Crippen LogP contribution in [0.15, 0.2) is 36.4 Å². The maximum absolute atomic E-state index is 13.6. The molecule has 2 rings (SSSR count). The van der Waals surface area contributed by atoms with Crippen LogP contribution in [0.3, 0.4) is 0 Å². The van der Waals surface area contributed by atoms with Crippen molar-refractivity contribution in [1.82, 2.24) is 10.2 Å². The van der Waals surface area contributed by atoms with E-state index in [0.717, 1.165) is 11.1 Å². The van der Waals surface area contributed by atoms with Gasteiger partial charge in [0.15, 0.2) is 11.5 Å². The van der Waals surface area contributed by atoms with Crippen molar-refractivity contribution < 1.29 is 19.1 Å². The Hall–Kier alpha value is -2.44. The van der Waals surface area contributed by atoms with E-state index in [2.05, 4.69) is 5.32 Å². The van der Waals surface area contributed by atoms with Crippen LogP contribution in [0.25, 0.3) is 0 Å². The number of carbonyl (C=O) groups excluding carboxylic acids is 2. The summed E-state index contributed by atoms with van der Waals surface area (Å²) in [4.78, 5) is 28.3. The molecular formula is C28H38Cl2N2O4. The number of hydrogen-bond donors (Lipinski definition) is 1.